The lowest BCUT2D eigenvalue weighted by Crippen LogP contribution is -2.37. The summed E-state index contributed by atoms with van der Waals surface area (Å²) in [7, 11) is -3.69. The average Bonchev–Trinajstić information content (AvgIpc) is 2.60. The molecule has 8 heteroatoms. The quantitative estimate of drug-likeness (QED) is 0.389. The van der Waals surface area contributed by atoms with Crippen molar-refractivity contribution in [1.82, 2.24) is 0 Å². The minimum Gasteiger partial charge on any atom is -0.481 e. The molecule has 30 heavy (non-hydrogen) atoms. The van der Waals surface area contributed by atoms with Gasteiger partial charge in [-0.05, 0) is 57.9 Å². The third kappa shape index (κ3) is 10.7. The van der Waals surface area contributed by atoms with Crippen molar-refractivity contribution in [1.29, 1.82) is 0 Å². The van der Waals surface area contributed by atoms with Gasteiger partial charge >= 0.3 is 11.9 Å². The van der Waals surface area contributed by atoms with Gasteiger partial charge in [0, 0.05) is 0 Å². The third-order valence-corrected chi connectivity index (χ3v) is 5.26. The number of carboxylic acids is 1. The van der Waals surface area contributed by atoms with Crippen molar-refractivity contribution in [3.8, 4) is 0 Å². The van der Waals surface area contributed by atoms with E-state index in [1.165, 1.54) is 5.56 Å². The molecule has 2 unspecified atom stereocenters. The molecule has 0 aliphatic carbocycles. The van der Waals surface area contributed by atoms with Crippen LogP contribution in [0.25, 0.3) is 0 Å². The molecule has 170 valence electrons. The number of ether oxygens (including phenoxy) is 1. The number of benzene rings is 1. The van der Waals surface area contributed by atoms with Crippen molar-refractivity contribution in [3.63, 3.8) is 0 Å². The van der Waals surface area contributed by atoms with Crippen LogP contribution in [-0.4, -0.2) is 43.9 Å². The summed E-state index contributed by atoms with van der Waals surface area (Å²) in [4.78, 5) is 24.7. The first kappa shape index (κ1) is 26.1. The van der Waals surface area contributed by atoms with E-state index in [1.807, 2.05) is 37.3 Å². The molecule has 0 aromatic heterocycles. The average molecular weight is 443 g/mol. The molecule has 7 nitrogen and oxygen atoms in total. The van der Waals surface area contributed by atoms with Crippen molar-refractivity contribution in [2.45, 2.75) is 59.0 Å². The Balaban J connectivity index is 2.89. The lowest BCUT2D eigenvalue weighted by atomic mass is 9.81. The van der Waals surface area contributed by atoms with Crippen LogP contribution >= 0.6 is 0 Å². The second kappa shape index (κ2) is 11.5. The molecule has 1 N–H and O–H groups in total. The largest absolute Gasteiger partial charge is 0.481 e. The van der Waals surface area contributed by atoms with Crippen molar-refractivity contribution in [3.05, 3.63) is 35.9 Å². The second-order valence-corrected chi connectivity index (χ2v) is 10.4. The van der Waals surface area contributed by atoms with E-state index in [1.54, 1.807) is 20.8 Å². The van der Waals surface area contributed by atoms with E-state index in [9.17, 15) is 23.1 Å². The van der Waals surface area contributed by atoms with Gasteiger partial charge in [0.2, 0.25) is 0 Å². The highest BCUT2D eigenvalue weighted by Gasteiger charge is 2.37. The fourth-order valence-corrected chi connectivity index (χ4v) is 3.63. The summed E-state index contributed by atoms with van der Waals surface area (Å²) >= 11 is 0. The summed E-state index contributed by atoms with van der Waals surface area (Å²) in [5, 5.41) is 9.82. The van der Waals surface area contributed by atoms with Gasteiger partial charge < -0.3 is 9.84 Å². The molecule has 0 bridgehead atoms. The molecule has 0 heterocycles. The maximum atomic E-state index is 12.7. The van der Waals surface area contributed by atoms with Gasteiger partial charge in [-0.25, -0.2) is 0 Å². The van der Waals surface area contributed by atoms with E-state index in [-0.39, 0.29) is 25.4 Å². The van der Waals surface area contributed by atoms with Crippen molar-refractivity contribution in [2.24, 2.45) is 17.8 Å². The van der Waals surface area contributed by atoms with Gasteiger partial charge in [0.1, 0.15) is 5.60 Å². The van der Waals surface area contributed by atoms with Crippen molar-refractivity contribution in [2.75, 3.05) is 12.9 Å². The Hall–Kier alpha value is -1.93. The van der Waals surface area contributed by atoms with Crippen molar-refractivity contribution >= 4 is 22.1 Å². The summed E-state index contributed by atoms with van der Waals surface area (Å²) < 4.78 is 32.7. The summed E-state index contributed by atoms with van der Waals surface area (Å²) in [5.74, 6) is -3.69. The van der Waals surface area contributed by atoms with E-state index in [4.69, 9.17) is 8.92 Å². The first-order chi connectivity index (χ1) is 13.8. The maximum Gasteiger partial charge on any atom is 0.310 e. The smallest absolute Gasteiger partial charge is 0.310 e. The molecule has 0 fully saturated rings. The number of aryl methyl sites for hydroxylation is 1. The van der Waals surface area contributed by atoms with E-state index < -0.39 is 39.5 Å². The molecule has 0 radical (unpaired) electrons. The molecule has 3 atom stereocenters. The number of hydrogen-bond donors (Lipinski definition) is 1. The zero-order valence-corrected chi connectivity index (χ0v) is 19.3. The monoisotopic (exact) mass is 442 g/mol. The van der Waals surface area contributed by atoms with Gasteiger partial charge in [0.05, 0.1) is 24.7 Å². The number of carbonyl (C=O) groups is 2. The lowest BCUT2D eigenvalue weighted by Gasteiger charge is -2.28. The van der Waals surface area contributed by atoms with Gasteiger partial charge in [-0.3, -0.25) is 13.8 Å². The van der Waals surface area contributed by atoms with Gasteiger partial charge in [0.25, 0.3) is 10.1 Å². The molecule has 0 aliphatic rings. The summed E-state index contributed by atoms with van der Waals surface area (Å²) in [6.07, 6.45) is 2.72. The Bertz CT molecular complexity index is 781. The minimum atomic E-state index is -3.69. The van der Waals surface area contributed by atoms with Crippen LogP contribution in [0.1, 0.15) is 52.5 Å². The highest BCUT2D eigenvalue weighted by atomic mass is 32.2. The van der Waals surface area contributed by atoms with Crippen LogP contribution in [0.2, 0.25) is 0 Å². The molecular formula is C22H34O7S. The van der Waals surface area contributed by atoms with Crippen LogP contribution in [0.4, 0.5) is 0 Å². The molecule has 0 amide bonds. The molecular weight excluding hydrogens is 408 g/mol. The number of carboxylic acid groups (broad SMARTS) is 1. The lowest BCUT2D eigenvalue weighted by molar-refractivity contribution is -0.167. The van der Waals surface area contributed by atoms with E-state index in [0.717, 1.165) is 19.1 Å². The highest BCUT2D eigenvalue weighted by Crippen LogP contribution is 2.29. The molecule has 1 rings (SSSR count). The zero-order valence-electron chi connectivity index (χ0n) is 18.5. The summed E-state index contributed by atoms with van der Waals surface area (Å²) in [5.41, 5.74) is 0.385. The predicted molar refractivity (Wildman–Crippen MR) is 114 cm³/mol. The Kier molecular flexibility index (Phi) is 9.97. The molecule has 0 saturated heterocycles. The van der Waals surface area contributed by atoms with Crippen LogP contribution in [0, 0.1) is 17.8 Å². The normalized spacial score (nSPS) is 15.2. The van der Waals surface area contributed by atoms with Gasteiger partial charge in [-0.1, -0.05) is 37.3 Å². The SMILES string of the molecule is CC(CCc1ccccc1)CC(C(=O)O)[C@H](CCOS(C)(=O)=O)C(=O)OC(C)(C)C. The summed E-state index contributed by atoms with van der Waals surface area (Å²) in [6.45, 7) is 6.79. The van der Waals surface area contributed by atoms with Crippen LogP contribution < -0.4 is 0 Å². The van der Waals surface area contributed by atoms with Crippen molar-refractivity contribution < 1.29 is 32.0 Å². The van der Waals surface area contributed by atoms with Gasteiger partial charge in [-0.2, -0.15) is 8.42 Å². The number of carbonyl (C=O) groups excluding carboxylic acids is 1. The van der Waals surface area contributed by atoms with E-state index in [0.29, 0.717) is 0 Å². The fourth-order valence-electron chi connectivity index (χ4n) is 3.23. The number of esters is 1. The fraction of sp³-hybridized carbons (Fsp3) is 0.636. The number of aliphatic carboxylic acids is 1. The van der Waals surface area contributed by atoms with E-state index >= 15 is 0 Å². The minimum absolute atomic E-state index is 0.0482. The van der Waals surface area contributed by atoms with Crippen LogP contribution in [0.15, 0.2) is 30.3 Å². The Morgan fingerprint density at radius 2 is 1.67 bits per heavy atom. The Morgan fingerprint density at radius 1 is 1.07 bits per heavy atom. The zero-order chi connectivity index (χ0) is 22.9. The standard InChI is InChI=1S/C22H34O7S/c1-16(11-12-17-9-7-6-8-10-17)15-19(20(23)24)18(13-14-28-30(5,26)27)21(25)29-22(2,3)4/h6-10,16,18-19H,11-15H2,1-5H3,(H,23,24)/t16?,18-,19?/m0/s1. The number of hydrogen-bond acceptors (Lipinski definition) is 6. The Morgan fingerprint density at radius 3 is 2.17 bits per heavy atom. The second-order valence-electron chi connectivity index (χ2n) is 8.76. The van der Waals surface area contributed by atoms with Gasteiger partial charge in [-0.15, -0.1) is 0 Å². The highest BCUT2D eigenvalue weighted by molar-refractivity contribution is 7.85. The van der Waals surface area contributed by atoms with Crippen LogP contribution in [0.5, 0.6) is 0 Å². The first-order valence-corrected chi connectivity index (χ1v) is 11.9. The molecule has 0 aliphatic heterocycles. The maximum absolute atomic E-state index is 12.7. The van der Waals surface area contributed by atoms with E-state index in [2.05, 4.69) is 0 Å². The van der Waals surface area contributed by atoms with Gasteiger partial charge in [0.15, 0.2) is 0 Å². The molecule has 1 aromatic rings. The molecule has 0 spiro atoms. The Labute approximate surface area is 179 Å². The number of rotatable bonds is 12. The molecule has 1 aromatic carbocycles. The van der Waals surface area contributed by atoms with Crippen LogP contribution in [-0.2, 0) is 35.0 Å². The predicted octanol–water partition coefficient (Wildman–Crippen LogP) is 3.67. The van der Waals surface area contributed by atoms with Crippen LogP contribution in [0.3, 0.4) is 0 Å². The molecule has 0 saturated carbocycles. The first-order valence-electron chi connectivity index (χ1n) is 10.1. The third-order valence-electron chi connectivity index (χ3n) is 4.66. The summed E-state index contributed by atoms with van der Waals surface area (Å²) in [6, 6.07) is 9.90. The topological polar surface area (TPSA) is 107 Å².